The standard InChI is InChI=1S/C26H24N2O3S/c1-15-7-5-9-21(17(15)3)27-26-28(22-10-6-8-16(2)18(22)4)25(31)24(32-26)13-19-11-12-20(29)14-23(19)30/h5-14,29-30H,1-4H3/b24-13+,27-26?. The predicted octanol–water partition coefficient (Wildman–Crippen LogP) is 6.14. The van der Waals surface area contributed by atoms with Crippen LogP contribution in [-0.4, -0.2) is 21.3 Å². The highest BCUT2D eigenvalue weighted by molar-refractivity contribution is 8.19. The van der Waals surface area contributed by atoms with E-state index in [1.807, 2.05) is 64.1 Å². The van der Waals surface area contributed by atoms with Crippen LogP contribution in [0.1, 0.15) is 27.8 Å². The van der Waals surface area contributed by atoms with Gasteiger partial charge in [-0.15, -0.1) is 0 Å². The summed E-state index contributed by atoms with van der Waals surface area (Å²) in [6.07, 6.45) is 1.63. The van der Waals surface area contributed by atoms with Crippen LogP contribution < -0.4 is 4.90 Å². The molecule has 0 atom stereocenters. The molecule has 1 amide bonds. The quantitative estimate of drug-likeness (QED) is 0.476. The van der Waals surface area contributed by atoms with Crippen molar-refractivity contribution in [2.75, 3.05) is 4.90 Å². The van der Waals surface area contributed by atoms with Gasteiger partial charge in [-0.3, -0.25) is 9.69 Å². The fourth-order valence-corrected chi connectivity index (χ4v) is 4.47. The number of anilines is 1. The molecule has 0 bridgehead atoms. The van der Waals surface area contributed by atoms with Gasteiger partial charge in [0.05, 0.1) is 16.3 Å². The molecular formula is C26H24N2O3S. The molecule has 4 rings (SSSR count). The number of amides is 1. The van der Waals surface area contributed by atoms with E-state index in [1.165, 1.54) is 23.9 Å². The second kappa shape index (κ2) is 8.55. The monoisotopic (exact) mass is 444 g/mol. The van der Waals surface area contributed by atoms with Crippen molar-refractivity contribution in [1.82, 2.24) is 0 Å². The fourth-order valence-electron chi connectivity index (χ4n) is 3.49. The van der Waals surface area contributed by atoms with Crippen LogP contribution >= 0.6 is 11.8 Å². The summed E-state index contributed by atoms with van der Waals surface area (Å²) < 4.78 is 0. The molecule has 0 radical (unpaired) electrons. The third kappa shape index (κ3) is 4.01. The van der Waals surface area contributed by atoms with Crippen LogP contribution in [0.15, 0.2) is 64.5 Å². The number of aliphatic imine (C=N–C) groups is 1. The molecule has 2 N–H and O–H groups in total. The summed E-state index contributed by atoms with van der Waals surface area (Å²) in [6, 6.07) is 16.1. The van der Waals surface area contributed by atoms with Gasteiger partial charge in [0.25, 0.3) is 5.91 Å². The summed E-state index contributed by atoms with van der Waals surface area (Å²) in [5.74, 6) is -0.339. The van der Waals surface area contributed by atoms with E-state index >= 15 is 0 Å². The topological polar surface area (TPSA) is 73.1 Å². The van der Waals surface area contributed by atoms with Crippen molar-refractivity contribution in [3.8, 4) is 11.5 Å². The number of nitrogens with zero attached hydrogens (tertiary/aromatic N) is 2. The number of hydrogen-bond acceptors (Lipinski definition) is 5. The molecule has 32 heavy (non-hydrogen) atoms. The van der Waals surface area contributed by atoms with E-state index in [2.05, 4.69) is 0 Å². The predicted molar refractivity (Wildman–Crippen MR) is 132 cm³/mol. The first-order valence-corrected chi connectivity index (χ1v) is 11.0. The van der Waals surface area contributed by atoms with Crippen LogP contribution in [-0.2, 0) is 4.79 Å². The lowest BCUT2D eigenvalue weighted by molar-refractivity contribution is -0.113. The minimum Gasteiger partial charge on any atom is -0.508 e. The smallest absolute Gasteiger partial charge is 0.271 e. The molecule has 0 unspecified atom stereocenters. The lowest BCUT2D eigenvalue weighted by Gasteiger charge is -2.19. The Bertz CT molecular complexity index is 1290. The molecule has 1 aliphatic heterocycles. The molecule has 1 aliphatic rings. The molecule has 1 fully saturated rings. The molecule has 6 heteroatoms. The van der Waals surface area contributed by atoms with Crippen molar-refractivity contribution in [2.24, 2.45) is 4.99 Å². The van der Waals surface area contributed by atoms with Gasteiger partial charge < -0.3 is 10.2 Å². The number of phenolic OH excluding ortho intramolecular Hbond substituents is 2. The zero-order chi connectivity index (χ0) is 23.0. The lowest BCUT2D eigenvalue weighted by Crippen LogP contribution is -2.29. The number of amidine groups is 1. The van der Waals surface area contributed by atoms with Crippen LogP contribution in [0, 0.1) is 27.7 Å². The van der Waals surface area contributed by atoms with Crippen molar-refractivity contribution < 1.29 is 15.0 Å². The van der Waals surface area contributed by atoms with Gasteiger partial charge in [0, 0.05) is 11.6 Å². The molecular weight excluding hydrogens is 420 g/mol. The number of rotatable bonds is 3. The Morgan fingerprint density at radius 2 is 1.59 bits per heavy atom. The third-order valence-corrected chi connectivity index (χ3v) is 6.68. The molecule has 3 aromatic rings. The number of thioether (sulfide) groups is 1. The Hall–Kier alpha value is -3.51. The molecule has 1 saturated heterocycles. The normalized spacial score (nSPS) is 16.4. The maximum atomic E-state index is 13.5. The number of carbonyl (C=O) groups is 1. The molecule has 0 saturated carbocycles. The van der Waals surface area contributed by atoms with E-state index in [9.17, 15) is 15.0 Å². The summed E-state index contributed by atoms with van der Waals surface area (Å²) in [7, 11) is 0. The number of phenols is 2. The number of aryl methyl sites for hydroxylation is 2. The van der Waals surface area contributed by atoms with E-state index in [0.717, 1.165) is 33.6 Å². The number of aromatic hydroxyl groups is 2. The molecule has 3 aromatic carbocycles. The van der Waals surface area contributed by atoms with E-state index in [1.54, 1.807) is 17.0 Å². The van der Waals surface area contributed by atoms with E-state index in [-0.39, 0.29) is 17.4 Å². The lowest BCUT2D eigenvalue weighted by atomic mass is 10.1. The summed E-state index contributed by atoms with van der Waals surface area (Å²) in [5, 5.41) is 20.3. The van der Waals surface area contributed by atoms with Gasteiger partial charge in [-0.05, 0) is 92.1 Å². The summed E-state index contributed by atoms with van der Waals surface area (Å²) in [5.41, 5.74) is 6.32. The maximum absolute atomic E-state index is 13.5. The Kier molecular flexibility index (Phi) is 5.80. The largest absolute Gasteiger partial charge is 0.508 e. The van der Waals surface area contributed by atoms with Gasteiger partial charge in [-0.2, -0.15) is 0 Å². The van der Waals surface area contributed by atoms with Crippen LogP contribution in [0.2, 0.25) is 0 Å². The average Bonchev–Trinajstić information content (AvgIpc) is 3.04. The van der Waals surface area contributed by atoms with Gasteiger partial charge in [-0.25, -0.2) is 4.99 Å². The van der Waals surface area contributed by atoms with E-state index in [0.29, 0.717) is 15.6 Å². The minimum atomic E-state index is -0.208. The van der Waals surface area contributed by atoms with E-state index in [4.69, 9.17) is 4.99 Å². The zero-order valence-electron chi connectivity index (χ0n) is 18.4. The van der Waals surface area contributed by atoms with Crippen LogP contribution in [0.25, 0.3) is 6.08 Å². The third-order valence-electron chi connectivity index (χ3n) is 5.72. The first-order valence-electron chi connectivity index (χ1n) is 10.2. The van der Waals surface area contributed by atoms with Crippen molar-refractivity contribution in [1.29, 1.82) is 0 Å². The minimum absolute atomic E-state index is 0.0377. The van der Waals surface area contributed by atoms with Crippen molar-refractivity contribution in [3.63, 3.8) is 0 Å². The second-order valence-electron chi connectivity index (χ2n) is 7.83. The maximum Gasteiger partial charge on any atom is 0.271 e. The average molecular weight is 445 g/mol. The fraction of sp³-hybridized carbons (Fsp3) is 0.154. The van der Waals surface area contributed by atoms with Crippen molar-refractivity contribution in [2.45, 2.75) is 27.7 Å². The van der Waals surface area contributed by atoms with Crippen molar-refractivity contribution >= 4 is 40.3 Å². The second-order valence-corrected chi connectivity index (χ2v) is 8.84. The van der Waals surface area contributed by atoms with Crippen molar-refractivity contribution in [3.05, 3.63) is 87.3 Å². The molecule has 0 aromatic heterocycles. The van der Waals surface area contributed by atoms with Gasteiger partial charge in [0.1, 0.15) is 11.5 Å². The van der Waals surface area contributed by atoms with Gasteiger partial charge in [0.15, 0.2) is 5.17 Å². The van der Waals surface area contributed by atoms with Crippen LogP contribution in [0.3, 0.4) is 0 Å². The zero-order valence-corrected chi connectivity index (χ0v) is 19.2. The molecule has 0 aliphatic carbocycles. The summed E-state index contributed by atoms with van der Waals surface area (Å²) in [6.45, 7) is 8.06. The number of benzene rings is 3. The highest BCUT2D eigenvalue weighted by atomic mass is 32.2. The first kappa shape index (κ1) is 21.7. The van der Waals surface area contributed by atoms with Gasteiger partial charge in [-0.1, -0.05) is 24.3 Å². The Balaban J connectivity index is 1.87. The SMILES string of the molecule is Cc1cccc(N=C2S/C(=C/c3ccc(O)cc3O)C(=O)N2c2cccc(C)c2C)c1C. The summed E-state index contributed by atoms with van der Waals surface area (Å²) >= 11 is 1.27. The highest BCUT2D eigenvalue weighted by Gasteiger charge is 2.36. The Morgan fingerprint density at radius 3 is 2.31 bits per heavy atom. The molecule has 5 nitrogen and oxygen atoms in total. The molecule has 0 spiro atoms. The molecule has 1 heterocycles. The van der Waals surface area contributed by atoms with Crippen LogP contribution in [0.4, 0.5) is 11.4 Å². The highest BCUT2D eigenvalue weighted by Crippen LogP contribution is 2.40. The first-order chi connectivity index (χ1) is 15.3. The Morgan fingerprint density at radius 1 is 0.906 bits per heavy atom. The van der Waals surface area contributed by atoms with Crippen LogP contribution in [0.5, 0.6) is 11.5 Å². The molecule has 162 valence electrons. The van der Waals surface area contributed by atoms with Gasteiger partial charge >= 0.3 is 0 Å². The number of hydrogen-bond donors (Lipinski definition) is 2. The number of carbonyl (C=O) groups excluding carboxylic acids is 1. The van der Waals surface area contributed by atoms with Gasteiger partial charge in [0.2, 0.25) is 0 Å². The van der Waals surface area contributed by atoms with E-state index < -0.39 is 0 Å². The summed E-state index contributed by atoms with van der Waals surface area (Å²) in [4.78, 5) is 20.5. The Labute approximate surface area is 191 Å².